The van der Waals surface area contributed by atoms with E-state index in [9.17, 15) is 4.79 Å². The van der Waals surface area contributed by atoms with Gasteiger partial charge in [-0.2, -0.15) is 0 Å². The molecule has 0 saturated carbocycles. The molecule has 0 aliphatic heterocycles. The van der Waals surface area contributed by atoms with Crippen LogP contribution in [0.1, 0.15) is 20.8 Å². The van der Waals surface area contributed by atoms with E-state index in [4.69, 9.17) is 10.5 Å². The van der Waals surface area contributed by atoms with Crippen molar-refractivity contribution < 1.29 is 9.53 Å². The Morgan fingerprint density at radius 3 is 2.46 bits per heavy atom. The lowest BCUT2D eigenvalue weighted by atomic mass is 10.2. The Balaban J connectivity index is 3.68. The van der Waals surface area contributed by atoms with E-state index >= 15 is 0 Å². The van der Waals surface area contributed by atoms with Gasteiger partial charge in [0.05, 0.1) is 17.6 Å². The quantitative estimate of drug-likeness (QED) is 0.672. The summed E-state index contributed by atoms with van der Waals surface area (Å²) in [6.07, 6.45) is -0.478. The van der Waals surface area contributed by atoms with Crippen LogP contribution < -0.4 is 11.1 Å². The number of alkyl carbamates (subject to hydrolysis) is 1. The van der Waals surface area contributed by atoms with Gasteiger partial charge in [-0.15, -0.1) is 0 Å². The van der Waals surface area contributed by atoms with Crippen molar-refractivity contribution in [3.05, 3.63) is 0 Å². The van der Waals surface area contributed by atoms with Crippen molar-refractivity contribution in [2.45, 2.75) is 26.8 Å². The third-order valence-corrected chi connectivity index (χ3v) is 1.66. The summed E-state index contributed by atoms with van der Waals surface area (Å²) >= 11 is 4.68. The molecule has 3 N–H and O–H groups in total. The maximum atomic E-state index is 11.0. The highest BCUT2D eigenvalue weighted by atomic mass is 32.1. The van der Waals surface area contributed by atoms with Crippen molar-refractivity contribution in [3.63, 3.8) is 0 Å². The first-order valence-corrected chi connectivity index (χ1v) is 4.57. The molecule has 0 radical (unpaired) electrons. The first kappa shape index (κ1) is 12.2. The molecule has 0 aromatic heterocycles. The third-order valence-electron chi connectivity index (χ3n) is 1.31. The summed E-state index contributed by atoms with van der Waals surface area (Å²) in [5.74, 6) is 0.325. The number of hydrogen-bond donors (Lipinski definition) is 2. The lowest BCUT2D eigenvalue weighted by molar-refractivity contribution is 0.132. The van der Waals surface area contributed by atoms with Crippen LogP contribution in [-0.4, -0.2) is 23.7 Å². The van der Waals surface area contributed by atoms with Gasteiger partial charge in [-0.05, 0) is 12.8 Å². The van der Waals surface area contributed by atoms with E-state index in [0.29, 0.717) is 12.5 Å². The topological polar surface area (TPSA) is 64.3 Å². The van der Waals surface area contributed by atoms with Crippen molar-refractivity contribution in [1.29, 1.82) is 0 Å². The number of ether oxygens (including phenoxy) is 1. The largest absolute Gasteiger partial charge is 0.449 e. The van der Waals surface area contributed by atoms with Crippen LogP contribution in [0, 0.1) is 5.92 Å². The number of carbonyl (C=O) groups is 1. The third kappa shape index (κ3) is 6.33. The van der Waals surface area contributed by atoms with Crippen molar-refractivity contribution >= 4 is 23.3 Å². The monoisotopic (exact) mass is 204 g/mol. The van der Waals surface area contributed by atoms with E-state index in [1.54, 1.807) is 6.92 Å². The molecule has 0 unspecified atom stereocenters. The first-order valence-electron chi connectivity index (χ1n) is 4.16. The second-order valence-corrected chi connectivity index (χ2v) is 3.73. The van der Waals surface area contributed by atoms with Crippen LogP contribution >= 0.6 is 12.2 Å². The molecule has 0 spiro atoms. The predicted octanol–water partition coefficient (Wildman–Crippen LogP) is 1.04. The summed E-state index contributed by atoms with van der Waals surface area (Å²) in [5.41, 5.74) is 5.30. The molecule has 0 fully saturated rings. The molecule has 0 aliphatic carbocycles. The first-order chi connectivity index (χ1) is 5.93. The summed E-state index contributed by atoms with van der Waals surface area (Å²) in [5, 5.41) is 2.51. The second kappa shape index (κ2) is 5.75. The van der Waals surface area contributed by atoms with Gasteiger partial charge in [-0.25, -0.2) is 4.79 Å². The van der Waals surface area contributed by atoms with Crippen LogP contribution in [0.4, 0.5) is 4.79 Å². The van der Waals surface area contributed by atoms with E-state index in [-0.39, 0.29) is 11.0 Å². The summed E-state index contributed by atoms with van der Waals surface area (Å²) < 4.78 is 4.86. The molecule has 1 amide bonds. The molecule has 1 atom stereocenters. The lowest BCUT2D eigenvalue weighted by Gasteiger charge is -2.13. The van der Waals surface area contributed by atoms with Gasteiger partial charge in [0.2, 0.25) is 0 Å². The molecule has 13 heavy (non-hydrogen) atoms. The maximum Gasteiger partial charge on any atom is 0.407 e. The second-order valence-electron chi connectivity index (χ2n) is 3.26. The Morgan fingerprint density at radius 2 is 2.08 bits per heavy atom. The van der Waals surface area contributed by atoms with E-state index in [0.717, 1.165) is 0 Å². The van der Waals surface area contributed by atoms with Crippen molar-refractivity contribution in [2.24, 2.45) is 11.7 Å². The highest BCUT2D eigenvalue weighted by Crippen LogP contribution is 1.93. The Labute approximate surface area is 83.8 Å². The van der Waals surface area contributed by atoms with Gasteiger partial charge >= 0.3 is 6.09 Å². The highest BCUT2D eigenvalue weighted by molar-refractivity contribution is 7.80. The molecule has 0 aromatic rings. The summed E-state index contributed by atoms with van der Waals surface area (Å²) in [4.78, 5) is 11.3. The van der Waals surface area contributed by atoms with Crippen LogP contribution in [0.25, 0.3) is 0 Å². The van der Waals surface area contributed by atoms with Gasteiger partial charge < -0.3 is 15.8 Å². The Hall–Kier alpha value is -0.840. The zero-order chi connectivity index (χ0) is 10.4. The van der Waals surface area contributed by atoms with Crippen LogP contribution in [0.3, 0.4) is 0 Å². The van der Waals surface area contributed by atoms with E-state index < -0.39 is 6.09 Å². The summed E-state index contributed by atoms with van der Waals surface area (Å²) in [7, 11) is 0. The number of amides is 1. The fourth-order valence-corrected chi connectivity index (χ4v) is 0.591. The van der Waals surface area contributed by atoms with Gasteiger partial charge in [0.25, 0.3) is 0 Å². The summed E-state index contributed by atoms with van der Waals surface area (Å²) in [6, 6.07) is -0.324. The van der Waals surface area contributed by atoms with Gasteiger partial charge in [-0.3, -0.25) is 0 Å². The molecular weight excluding hydrogens is 188 g/mol. The fraction of sp³-hybridized carbons (Fsp3) is 0.750. The molecule has 0 bridgehead atoms. The molecule has 5 heteroatoms. The number of rotatable bonds is 4. The normalized spacial score (nSPS) is 12.3. The minimum atomic E-state index is -0.478. The number of nitrogens with one attached hydrogen (secondary N) is 1. The van der Waals surface area contributed by atoms with Crippen molar-refractivity contribution in [3.8, 4) is 0 Å². The van der Waals surface area contributed by atoms with Crippen molar-refractivity contribution in [1.82, 2.24) is 5.32 Å². The number of thiocarbonyl (C=S) groups is 1. The van der Waals surface area contributed by atoms with E-state index in [1.807, 2.05) is 13.8 Å². The molecular formula is C8H16N2O2S. The van der Waals surface area contributed by atoms with Crippen LogP contribution in [-0.2, 0) is 4.74 Å². The van der Waals surface area contributed by atoms with Crippen molar-refractivity contribution in [2.75, 3.05) is 6.61 Å². The number of nitrogens with two attached hydrogens (primary N) is 1. The average Bonchev–Trinajstić information content (AvgIpc) is 2.00. The van der Waals surface area contributed by atoms with Gasteiger partial charge in [0.1, 0.15) is 0 Å². The highest BCUT2D eigenvalue weighted by Gasteiger charge is 2.10. The van der Waals surface area contributed by atoms with Crippen LogP contribution in [0.5, 0.6) is 0 Å². The smallest absolute Gasteiger partial charge is 0.407 e. The minimum absolute atomic E-state index is 0.251. The predicted molar refractivity (Wildman–Crippen MR) is 55.6 cm³/mol. The maximum absolute atomic E-state index is 11.0. The molecule has 76 valence electrons. The zero-order valence-electron chi connectivity index (χ0n) is 8.16. The zero-order valence-corrected chi connectivity index (χ0v) is 8.98. The molecule has 0 saturated heterocycles. The lowest BCUT2D eigenvalue weighted by Crippen LogP contribution is -2.41. The Kier molecular flexibility index (Phi) is 5.37. The Morgan fingerprint density at radius 1 is 1.54 bits per heavy atom. The fourth-order valence-electron chi connectivity index (χ4n) is 0.532. The molecule has 4 nitrogen and oxygen atoms in total. The standard InChI is InChI=1S/C8H16N2O2S/c1-5(2)4-12-8(11)10-6(3)7(9)13/h5-6H,4H2,1-3H3,(H2,9,13)(H,10,11)/t6-/m0/s1. The number of hydrogen-bond acceptors (Lipinski definition) is 3. The molecule has 0 aliphatic rings. The Bertz CT molecular complexity index is 195. The molecule has 0 rings (SSSR count). The molecule has 0 heterocycles. The van der Waals surface area contributed by atoms with Crippen LogP contribution in [0.15, 0.2) is 0 Å². The van der Waals surface area contributed by atoms with E-state index in [2.05, 4.69) is 17.5 Å². The van der Waals surface area contributed by atoms with Gasteiger partial charge in [0.15, 0.2) is 0 Å². The summed E-state index contributed by atoms with van der Waals surface area (Å²) in [6.45, 7) is 6.03. The molecule has 0 aromatic carbocycles. The number of carbonyl (C=O) groups excluding carboxylic acids is 1. The van der Waals surface area contributed by atoms with Crippen LogP contribution in [0.2, 0.25) is 0 Å². The minimum Gasteiger partial charge on any atom is -0.449 e. The average molecular weight is 204 g/mol. The van der Waals surface area contributed by atoms with E-state index in [1.165, 1.54) is 0 Å². The van der Waals surface area contributed by atoms with Gasteiger partial charge in [0, 0.05) is 0 Å². The van der Waals surface area contributed by atoms with Gasteiger partial charge in [-0.1, -0.05) is 26.1 Å². The SMILES string of the molecule is CC(C)COC(=O)N[C@@H](C)C(N)=S.